The smallest absolute Gasteiger partial charge is 0.164 e. The van der Waals surface area contributed by atoms with Crippen molar-refractivity contribution < 1.29 is 8.83 Å². The molecule has 0 N–H and O–H groups in total. The molecule has 11 aromatic carbocycles. The lowest BCUT2D eigenvalue weighted by Crippen LogP contribution is -2.00. The number of fused-ring (bicyclic) bond motifs is 11. The highest BCUT2D eigenvalue weighted by atomic mass is 16.3. The first-order valence-electron chi connectivity index (χ1n) is 24.6. The third-order valence-electron chi connectivity index (χ3n) is 14.4. The van der Waals surface area contributed by atoms with Crippen molar-refractivity contribution in [3.05, 3.63) is 243 Å². The van der Waals surface area contributed by atoms with Crippen LogP contribution in [-0.2, 0) is 0 Å². The molecule has 6 nitrogen and oxygen atoms in total. The second-order valence-electron chi connectivity index (χ2n) is 18.7. The summed E-state index contributed by atoms with van der Waals surface area (Å²) in [5, 5.41) is 9.24. The van der Waals surface area contributed by atoms with Gasteiger partial charge in [0, 0.05) is 60.3 Å². The van der Waals surface area contributed by atoms with E-state index in [2.05, 4.69) is 180 Å². The molecule has 340 valence electrons. The zero-order valence-electron chi connectivity index (χ0n) is 39.2. The van der Waals surface area contributed by atoms with Crippen molar-refractivity contribution in [3.8, 4) is 73.2 Å². The lowest BCUT2D eigenvalue weighted by molar-refractivity contribution is 0.668. The maximum Gasteiger partial charge on any atom is 0.164 e. The summed E-state index contributed by atoms with van der Waals surface area (Å²) in [6.45, 7) is 0. The predicted molar refractivity (Wildman–Crippen MR) is 299 cm³/mol. The number of hydrogen-bond donors (Lipinski definition) is 0. The second kappa shape index (κ2) is 16.3. The van der Waals surface area contributed by atoms with Crippen molar-refractivity contribution >= 4 is 76.5 Å². The Morgan fingerprint density at radius 2 is 0.808 bits per heavy atom. The molecule has 6 heteroatoms. The Kier molecular flexibility index (Phi) is 9.16. The average Bonchev–Trinajstić information content (AvgIpc) is 4.15. The van der Waals surface area contributed by atoms with Crippen LogP contribution in [0.3, 0.4) is 0 Å². The third-order valence-corrected chi connectivity index (χ3v) is 14.4. The van der Waals surface area contributed by atoms with E-state index in [0.29, 0.717) is 17.5 Å². The molecule has 0 atom stereocenters. The third kappa shape index (κ3) is 6.76. The number of nitrogens with zero attached hydrogens (tertiary/aromatic N) is 4. The molecule has 0 fully saturated rings. The Morgan fingerprint density at radius 1 is 0.288 bits per heavy atom. The van der Waals surface area contributed by atoms with E-state index in [1.807, 2.05) is 66.7 Å². The normalized spacial score (nSPS) is 11.8. The number of para-hydroxylation sites is 3. The van der Waals surface area contributed by atoms with E-state index in [9.17, 15) is 0 Å². The van der Waals surface area contributed by atoms with Gasteiger partial charge in [0.1, 0.15) is 22.3 Å². The quantitative estimate of drug-likeness (QED) is 0.159. The Balaban J connectivity index is 0.869. The molecule has 4 aromatic heterocycles. The van der Waals surface area contributed by atoms with Crippen molar-refractivity contribution in [2.45, 2.75) is 0 Å². The SMILES string of the molecule is c1ccc(-c2nc(-c3cccc(-c4cccc(-n5c6ccc7ccccc7c6c6cccc(-c7cccc(-c8ccc9oc%10ccccc%10c9c8)c7)c65)c4)c3)nc(-c3ccc4c(c3)oc3ccccc34)n2)cc1. The molecule has 0 aliphatic rings. The van der Waals surface area contributed by atoms with Gasteiger partial charge in [-0.3, -0.25) is 0 Å². The van der Waals surface area contributed by atoms with Gasteiger partial charge in [-0.25, -0.2) is 15.0 Å². The topological polar surface area (TPSA) is 69.9 Å². The van der Waals surface area contributed by atoms with Gasteiger partial charge in [0.2, 0.25) is 0 Å². The van der Waals surface area contributed by atoms with Crippen LogP contribution in [-0.4, -0.2) is 19.5 Å². The molecule has 15 aromatic rings. The molecule has 0 saturated carbocycles. The van der Waals surface area contributed by atoms with E-state index in [-0.39, 0.29) is 0 Å². The monoisotopic (exact) mass is 932 g/mol. The summed E-state index contributed by atoms with van der Waals surface area (Å²) in [5.74, 6) is 1.77. The molecule has 0 amide bonds. The van der Waals surface area contributed by atoms with Crippen LogP contribution in [0.5, 0.6) is 0 Å². The second-order valence-corrected chi connectivity index (χ2v) is 18.7. The Labute approximate surface area is 418 Å². The van der Waals surface area contributed by atoms with Crippen LogP contribution in [0.4, 0.5) is 0 Å². The summed E-state index contributed by atoms with van der Waals surface area (Å²) in [4.78, 5) is 15.3. The minimum absolute atomic E-state index is 0.575. The minimum atomic E-state index is 0.575. The number of aromatic nitrogens is 4. The summed E-state index contributed by atoms with van der Waals surface area (Å²) in [5.41, 5.74) is 16.1. The van der Waals surface area contributed by atoms with E-state index < -0.39 is 0 Å². The van der Waals surface area contributed by atoms with E-state index >= 15 is 0 Å². The first-order chi connectivity index (χ1) is 36.1. The summed E-state index contributed by atoms with van der Waals surface area (Å²) in [7, 11) is 0. The zero-order chi connectivity index (χ0) is 48.0. The fraction of sp³-hybridized carbons (Fsp3) is 0. The summed E-state index contributed by atoms with van der Waals surface area (Å²) in [6.07, 6.45) is 0. The first-order valence-corrected chi connectivity index (χ1v) is 24.6. The van der Waals surface area contributed by atoms with Crippen LogP contribution >= 0.6 is 0 Å². The van der Waals surface area contributed by atoms with Crippen LogP contribution < -0.4 is 0 Å². The van der Waals surface area contributed by atoms with Crippen molar-refractivity contribution in [1.82, 2.24) is 19.5 Å². The highest BCUT2D eigenvalue weighted by Gasteiger charge is 2.21. The number of furan rings is 2. The number of benzene rings is 11. The van der Waals surface area contributed by atoms with Crippen molar-refractivity contribution in [3.63, 3.8) is 0 Å². The molecule has 0 aliphatic carbocycles. The fourth-order valence-electron chi connectivity index (χ4n) is 11.0. The Bertz CT molecular complexity index is 4700. The number of hydrogen-bond acceptors (Lipinski definition) is 5. The number of rotatable bonds is 7. The highest BCUT2D eigenvalue weighted by molar-refractivity contribution is 6.23. The largest absolute Gasteiger partial charge is 0.456 e. The zero-order valence-corrected chi connectivity index (χ0v) is 39.2. The Hall–Kier alpha value is -9.91. The lowest BCUT2D eigenvalue weighted by Gasteiger charge is -2.14. The van der Waals surface area contributed by atoms with E-state index in [0.717, 1.165) is 111 Å². The molecular weight excluding hydrogens is 893 g/mol. The average molecular weight is 933 g/mol. The van der Waals surface area contributed by atoms with Gasteiger partial charge < -0.3 is 13.4 Å². The van der Waals surface area contributed by atoms with E-state index in [1.165, 1.54) is 21.5 Å². The summed E-state index contributed by atoms with van der Waals surface area (Å²) >= 11 is 0. The first kappa shape index (κ1) is 40.9. The molecule has 0 radical (unpaired) electrons. The van der Waals surface area contributed by atoms with E-state index in [4.69, 9.17) is 23.8 Å². The van der Waals surface area contributed by atoms with Gasteiger partial charge in [-0.15, -0.1) is 0 Å². The van der Waals surface area contributed by atoms with Crippen molar-refractivity contribution in [2.75, 3.05) is 0 Å². The maximum atomic E-state index is 6.31. The van der Waals surface area contributed by atoms with Gasteiger partial charge in [-0.1, -0.05) is 176 Å². The van der Waals surface area contributed by atoms with Crippen LogP contribution in [0.15, 0.2) is 251 Å². The van der Waals surface area contributed by atoms with Gasteiger partial charge in [-0.05, 0) is 105 Å². The van der Waals surface area contributed by atoms with Gasteiger partial charge in [0.15, 0.2) is 17.5 Å². The summed E-state index contributed by atoms with van der Waals surface area (Å²) < 4.78 is 15.0. The van der Waals surface area contributed by atoms with Crippen LogP contribution in [0.25, 0.3) is 150 Å². The van der Waals surface area contributed by atoms with Crippen molar-refractivity contribution in [2.24, 2.45) is 0 Å². The molecule has 0 saturated heterocycles. The highest BCUT2D eigenvalue weighted by Crippen LogP contribution is 2.43. The lowest BCUT2D eigenvalue weighted by atomic mass is 9.96. The molecule has 4 heterocycles. The van der Waals surface area contributed by atoms with Crippen molar-refractivity contribution in [1.29, 1.82) is 0 Å². The summed E-state index contributed by atoms with van der Waals surface area (Å²) in [6, 6.07) is 85.5. The fourth-order valence-corrected chi connectivity index (χ4v) is 11.0. The molecule has 0 aliphatic heterocycles. The maximum absolute atomic E-state index is 6.31. The Morgan fingerprint density at radius 3 is 1.60 bits per heavy atom. The molecule has 73 heavy (non-hydrogen) atoms. The van der Waals surface area contributed by atoms with Crippen LogP contribution in [0.2, 0.25) is 0 Å². The predicted octanol–water partition coefficient (Wildman–Crippen LogP) is 17.9. The van der Waals surface area contributed by atoms with Gasteiger partial charge >= 0.3 is 0 Å². The van der Waals surface area contributed by atoms with E-state index in [1.54, 1.807) is 0 Å². The molecule has 0 unspecified atom stereocenters. The standard InChI is InChI=1S/C67H40N4O2/c1-2-15-42(16-3-1)65-68-66(70-67(69-65)49-30-33-55-53-24-6-8-28-59(53)73-62(55)40-49)48-21-11-18-44(37-48)45-19-12-22-50(38-45)71-58-34-31-41-14-4-5-23-51(41)63(58)56-27-13-26-52(64(56)71)47-20-10-17-43(36-47)46-32-35-61-57(39-46)54-25-7-9-29-60(54)72-61/h1-40H. The van der Waals surface area contributed by atoms with Gasteiger partial charge in [0.05, 0.1) is 11.0 Å². The van der Waals surface area contributed by atoms with Crippen LogP contribution in [0, 0.1) is 0 Å². The molecular formula is C67H40N4O2. The molecule has 0 spiro atoms. The van der Waals surface area contributed by atoms with Gasteiger partial charge in [-0.2, -0.15) is 0 Å². The minimum Gasteiger partial charge on any atom is -0.456 e. The van der Waals surface area contributed by atoms with Crippen LogP contribution in [0.1, 0.15) is 0 Å². The van der Waals surface area contributed by atoms with Gasteiger partial charge in [0.25, 0.3) is 0 Å². The molecule has 15 rings (SSSR count). The molecule has 0 bridgehead atoms.